The zero-order valence-electron chi connectivity index (χ0n) is 31.9. The molecule has 0 radical (unpaired) electrons. The highest BCUT2D eigenvalue weighted by molar-refractivity contribution is 5.92. The van der Waals surface area contributed by atoms with Gasteiger partial charge in [0.2, 0.25) is 0 Å². The molecule has 7 aromatic rings. The van der Waals surface area contributed by atoms with E-state index >= 15 is 0 Å². The maximum atomic E-state index is 12.7. The highest BCUT2D eigenvalue weighted by Gasteiger charge is 2.14. The largest absolute Gasteiger partial charge is 0.457 e. The molecule has 7 rings (SSSR count). The first-order chi connectivity index (χ1) is 28.8. The van der Waals surface area contributed by atoms with Crippen LogP contribution < -0.4 is 28.4 Å². The van der Waals surface area contributed by atoms with Gasteiger partial charge in [0.25, 0.3) is 0 Å². The van der Waals surface area contributed by atoms with E-state index in [2.05, 4.69) is 6.58 Å². The topological polar surface area (TPSA) is 107 Å². The number of hydrogen-bond acceptors (Lipinski definition) is 9. The van der Waals surface area contributed by atoms with Crippen molar-refractivity contribution in [2.75, 3.05) is 0 Å². The Balaban J connectivity index is 0.00000110. The molecule has 0 heterocycles. The summed E-state index contributed by atoms with van der Waals surface area (Å²) in [5.41, 5.74) is 1.04. The van der Waals surface area contributed by atoms with Crippen molar-refractivity contribution in [2.24, 2.45) is 0 Å². The van der Waals surface area contributed by atoms with Gasteiger partial charge in [0.05, 0.1) is 16.7 Å². The van der Waals surface area contributed by atoms with Crippen LogP contribution in [-0.4, -0.2) is 17.9 Å². The maximum absolute atomic E-state index is 12.7. The predicted octanol–water partition coefficient (Wildman–Crippen LogP) is 12.5. The summed E-state index contributed by atoms with van der Waals surface area (Å²) in [6.07, 6.45) is 5.58. The average molecular weight is 783 g/mol. The average Bonchev–Trinajstić information content (AvgIpc) is 3.26. The van der Waals surface area contributed by atoms with Crippen molar-refractivity contribution in [1.82, 2.24) is 0 Å². The molecule has 59 heavy (non-hydrogen) atoms. The summed E-state index contributed by atoms with van der Waals surface area (Å²) in [6, 6.07) is 50.9. The number of benzene rings is 7. The van der Waals surface area contributed by atoms with Crippen LogP contribution in [0.4, 0.5) is 0 Å². The highest BCUT2D eigenvalue weighted by atomic mass is 16.5. The first-order valence-electron chi connectivity index (χ1n) is 18.4. The molecule has 0 aliphatic carbocycles. The lowest BCUT2D eigenvalue weighted by atomic mass is 10.2. The number of carbonyl (C=O) groups is 3. The third-order valence-corrected chi connectivity index (χ3v) is 8.02. The molecule has 0 aromatic heterocycles. The van der Waals surface area contributed by atoms with Gasteiger partial charge in [-0.2, -0.15) is 0 Å². The zero-order valence-corrected chi connectivity index (χ0v) is 31.9. The molecule has 0 unspecified atom stereocenters. The fourth-order valence-corrected chi connectivity index (χ4v) is 5.21. The van der Waals surface area contributed by atoms with Crippen LogP contribution in [-0.2, 0) is 0 Å². The number of esters is 3. The molecule has 292 valence electrons. The number of carbonyl (C=O) groups excluding carboxylic acids is 3. The Morgan fingerprint density at radius 2 is 0.644 bits per heavy atom. The van der Waals surface area contributed by atoms with E-state index in [9.17, 15) is 14.4 Å². The summed E-state index contributed by atoms with van der Waals surface area (Å²) < 4.78 is 34.8. The van der Waals surface area contributed by atoms with Crippen molar-refractivity contribution >= 4 is 17.9 Å². The summed E-state index contributed by atoms with van der Waals surface area (Å²) in [5.74, 6) is 2.25. The Labute approximate surface area is 341 Å². The van der Waals surface area contributed by atoms with Gasteiger partial charge in [-0.15, -0.1) is 0 Å². The smallest absolute Gasteiger partial charge is 0.343 e. The molecule has 0 bridgehead atoms. The standard InChI is InChI=1S/C45H30O9.C5H8/c46-43(52-34-10-4-1-5-11-34)31-16-22-37(23-17-31)49-40-28-41(50-38-24-18-32(19-25-38)44(47)53-35-12-6-2-7-13-35)30-42(29-40)51-39-26-20-33(21-27-39)45(48)54-36-14-8-3-9-15-36;1-3-5-4-2/h1-30H;3-5H,1H2,2H3/b;5-4-. The molecule has 0 spiro atoms. The summed E-state index contributed by atoms with van der Waals surface area (Å²) in [7, 11) is 0. The van der Waals surface area contributed by atoms with Gasteiger partial charge >= 0.3 is 17.9 Å². The summed E-state index contributed by atoms with van der Waals surface area (Å²) in [6.45, 7) is 5.42. The second kappa shape index (κ2) is 20.7. The third-order valence-electron chi connectivity index (χ3n) is 8.02. The van der Waals surface area contributed by atoms with Crippen molar-refractivity contribution in [3.05, 3.63) is 223 Å². The third kappa shape index (κ3) is 12.4. The fraction of sp³-hybridized carbons (Fsp3) is 0.0200. The van der Waals surface area contributed by atoms with E-state index in [1.165, 1.54) is 0 Å². The first kappa shape index (κ1) is 40.5. The Hall–Kier alpha value is -8.17. The minimum atomic E-state index is -0.502. The monoisotopic (exact) mass is 782 g/mol. The van der Waals surface area contributed by atoms with Crippen LogP contribution in [0, 0.1) is 0 Å². The van der Waals surface area contributed by atoms with E-state index < -0.39 is 17.9 Å². The maximum Gasteiger partial charge on any atom is 0.343 e. The lowest BCUT2D eigenvalue weighted by Gasteiger charge is -2.14. The Morgan fingerprint density at radius 1 is 0.373 bits per heavy atom. The molecule has 0 atom stereocenters. The van der Waals surface area contributed by atoms with Crippen molar-refractivity contribution < 1.29 is 42.8 Å². The van der Waals surface area contributed by atoms with Gasteiger partial charge in [-0.3, -0.25) is 0 Å². The van der Waals surface area contributed by atoms with Crippen LogP contribution in [0.15, 0.2) is 207 Å². The Morgan fingerprint density at radius 3 is 0.864 bits per heavy atom. The predicted molar refractivity (Wildman–Crippen MR) is 225 cm³/mol. The van der Waals surface area contributed by atoms with E-state index in [1.807, 2.05) is 37.3 Å². The van der Waals surface area contributed by atoms with Gasteiger partial charge in [-0.25, -0.2) is 14.4 Å². The molecular formula is C50H38O9. The van der Waals surface area contributed by atoms with Gasteiger partial charge in [-0.05, 0) is 116 Å². The quantitative estimate of drug-likeness (QED) is 0.0642. The van der Waals surface area contributed by atoms with Crippen molar-refractivity contribution in [2.45, 2.75) is 6.92 Å². The van der Waals surface area contributed by atoms with Crippen LogP contribution in [0.2, 0.25) is 0 Å². The highest BCUT2D eigenvalue weighted by Crippen LogP contribution is 2.36. The van der Waals surface area contributed by atoms with Gasteiger partial charge < -0.3 is 28.4 Å². The Kier molecular flexibility index (Phi) is 14.2. The van der Waals surface area contributed by atoms with E-state index in [1.54, 1.807) is 170 Å². The number of para-hydroxylation sites is 3. The van der Waals surface area contributed by atoms with E-state index in [-0.39, 0.29) is 0 Å². The Bertz CT molecular complexity index is 2200. The van der Waals surface area contributed by atoms with Crippen molar-refractivity contribution in [1.29, 1.82) is 0 Å². The van der Waals surface area contributed by atoms with E-state index in [0.29, 0.717) is 68.4 Å². The van der Waals surface area contributed by atoms with E-state index in [4.69, 9.17) is 28.4 Å². The summed E-state index contributed by atoms with van der Waals surface area (Å²) in [5, 5.41) is 0. The molecule has 9 nitrogen and oxygen atoms in total. The van der Waals surface area contributed by atoms with Gasteiger partial charge in [-0.1, -0.05) is 79.4 Å². The number of allylic oxidation sites excluding steroid dienone is 3. The molecule has 7 aromatic carbocycles. The molecule has 9 heteroatoms. The molecule has 0 aliphatic heterocycles. The second-order valence-corrected chi connectivity index (χ2v) is 12.4. The van der Waals surface area contributed by atoms with Crippen LogP contribution in [0.3, 0.4) is 0 Å². The zero-order chi connectivity index (χ0) is 41.2. The molecule has 0 amide bonds. The number of hydrogen-bond donors (Lipinski definition) is 0. The summed E-state index contributed by atoms with van der Waals surface area (Å²) >= 11 is 0. The first-order valence-corrected chi connectivity index (χ1v) is 18.4. The minimum absolute atomic E-state index is 0.347. The van der Waals surface area contributed by atoms with Crippen LogP contribution in [0.1, 0.15) is 38.0 Å². The molecular weight excluding hydrogens is 745 g/mol. The van der Waals surface area contributed by atoms with Gasteiger partial charge in [0, 0.05) is 18.2 Å². The van der Waals surface area contributed by atoms with Gasteiger partial charge in [0.1, 0.15) is 51.7 Å². The molecule has 0 saturated heterocycles. The van der Waals surface area contributed by atoms with Crippen LogP contribution >= 0.6 is 0 Å². The lowest BCUT2D eigenvalue weighted by molar-refractivity contribution is 0.0725. The second-order valence-electron chi connectivity index (χ2n) is 12.4. The van der Waals surface area contributed by atoms with Gasteiger partial charge in [0.15, 0.2) is 0 Å². The van der Waals surface area contributed by atoms with Crippen LogP contribution in [0.5, 0.6) is 51.7 Å². The molecule has 0 N–H and O–H groups in total. The lowest BCUT2D eigenvalue weighted by Crippen LogP contribution is -2.08. The number of rotatable bonds is 13. The fourth-order valence-electron chi connectivity index (χ4n) is 5.21. The molecule has 0 fully saturated rings. The van der Waals surface area contributed by atoms with Crippen molar-refractivity contribution in [3.8, 4) is 51.7 Å². The van der Waals surface area contributed by atoms with E-state index in [0.717, 1.165) is 0 Å². The SMILES string of the molecule is C=C/C=C\C.O=C(Oc1ccccc1)c1ccc(Oc2cc(Oc3ccc(C(=O)Oc4ccccc4)cc3)cc(Oc3ccc(C(=O)Oc4ccccc4)cc3)c2)cc1. The minimum Gasteiger partial charge on any atom is -0.457 e. The van der Waals surface area contributed by atoms with Crippen molar-refractivity contribution in [3.63, 3.8) is 0 Å². The number of ether oxygens (including phenoxy) is 6. The normalized spacial score (nSPS) is 10.3. The molecule has 0 saturated carbocycles. The summed E-state index contributed by atoms with van der Waals surface area (Å²) in [4.78, 5) is 38.0. The molecule has 0 aliphatic rings. The van der Waals surface area contributed by atoms with Crippen LogP contribution in [0.25, 0.3) is 0 Å².